The topological polar surface area (TPSA) is 78.9 Å². The smallest absolute Gasteiger partial charge is 0.333 e. The lowest BCUT2D eigenvalue weighted by Gasteiger charge is -2.59. The fourth-order valence-corrected chi connectivity index (χ4v) is 6.47. The molecular weight excluding hydrogens is 492 g/mol. The molecule has 5 rings (SSSR count). The van der Waals surface area contributed by atoms with Crippen LogP contribution in [0.2, 0.25) is 0 Å². The molecule has 4 bridgehead atoms. The van der Waals surface area contributed by atoms with E-state index < -0.39 is 5.60 Å². The second-order valence-electron chi connectivity index (χ2n) is 13.8. The third kappa shape index (κ3) is 9.36. The zero-order valence-electron chi connectivity index (χ0n) is 25.7. The van der Waals surface area contributed by atoms with Crippen molar-refractivity contribution < 1.29 is 28.6 Å². The molecule has 6 nitrogen and oxygen atoms in total. The van der Waals surface area contributed by atoms with Gasteiger partial charge < -0.3 is 14.2 Å². The van der Waals surface area contributed by atoms with Gasteiger partial charge in [-0.25, -0.2) is 14.4 Å². The van der Waals surface area contributed by atoms with Crippen molar-refractivity contribution in [2.45, 2.75) is 130 Å². The number of hydrogen-bond acceptors (Lipinski definition) is 6. The average molecular weight is 545 g/mol. The van der Waals surface area contributed by atoms with Crippen LogP contribution in [-0.2, 0) is 28.6 Å². The maximum atomic E-state index is 11.8. The van der Waals surface area contributed by atoms with Gasteiger partial charge in [0.2, 0.25) is 0 Å². The predicted octanol–water partition coefficient (Wildman–Crippen LogP) is 7.66. The third-order valence-corrected chi connectivity index (χ3v) is 8.52. The highest BCUT2D eigenvalue weighted by Gasteiger charge is 2.57. The molecule has 0 heterocycles. The Bertz CT molecular complexity index is 931. The van der Waals surface area contributed by atoms with Crippen molar-refractivity contribution in [2.75, 3.05) is 0 Å². The number of esters is 3. The minimum absolute atomic E-state index is 0.194. The number of rotatable bonds is 5. The first-order valence-corrected chi connectivity index (χ1v) is 14.5. The largest absolute Gasteiger partial charge is 0.457 e. The molecule has 0 radical (unpaired) electrons. The predicted molar refractivity (Wildman–Crippen MR) is 155 cm³/mol. The molecule has 0 aliphatic heterocycles. The molecule has 39 heavy (non-hydrogen) atoms. The average Bonchev–Trinajstić information content (AvgIpc) is 3.22. The van der Waals surface area contributed by atoms with Crippen molar-refractivity contribution in [1.29, 1.82) is 0 Å². The van der Waals surface area contributed by atoms with E-state index in [-0.39, 0.29) is 29.1 Å². The molecule has 0 atom stereocenters. The van der Waals surface area contributed by atoms with Crippen LogP contribution >= 0.6 is 0 Å². The van der Waals surface area contributed by atoms with Crippen molar-refractivity contribution in [3.63, 3.8) is 0 Å². The Hall–Kier alpha value is -2.37. The van der Waals surface area contributed by atoms with Gasteiger partial charge in [0.05, 0.1) is 0 Å². The maximum absolute atomic E-state index is 11.8. The Balaban J connectivity index is 0.000000216. The molecule has 5 aliphatic rings. The van der Waals surface area contributed by atoms with Gasteiger partial charge in [0.25, 0.3) is 0 Å². The molecule has 0 amide bonds. The van der Waals surface area contributed by atoms with Gasteiger partial charge in [-0.05, 0) is 137 Å². The lowest BCUT2D eigenvalue weighted by Crippen LogP contribution is -2.58. The molecule has 5 saturated carbocycles. The van der Waals surface area contributed by atoms with Crippen LogP contribution in [0.15, 0.2) is 36.5 Å². The lowest BCUT2D eigenvalue weighted by atomic mass is 9.50. The van der Waals surface area contributed by atoms with Gasteiger partial charge in [0.1, 0.15) is 16.8 Å². The van der Waals surface area contributed by atoms with Crippen LogP contribution in [0.3, 0.4) is 0 Å². The van der Waals surface area contributed by atoms with Crippen molar-refractivity contribution in [2.24, 2.45) is 23.7 Å². The number of carbonyl (C=O) groups excluding carboxylic acids is 3. The minimum atomic E-state index is -0.407. The van der Waals surface area contributed by atoms with E-state index in [2.05, 4.69) is 26.7 Å². The quantitative estimate of drug-likeness (QED) is 0.201. The number of ether oxygens (including phenoxy) is 3. The molecule has 0 saturated heterocycles. The van der Waals surface area contributed by atoms with Crippen molar-refractivity contribution in [3.05, 3.63) is 36.5 Å². The minimum Gasteiger partial charge on any atom is -0.457 e. The molecule has 0 unspecified atom stereocenters. The summed E-state index contributed by atoms with van der Waals surface area (Å²) in [6.07, 6.45) is 10.8. The van der Waals surface area contributed by atoms with Crippen LogP contribution in [0.4, 0.5) is 0 Å². The van der Waals surface area contributed by atoms with Crippen molar-refractivity contribution in [3.8, 4) is 0 Å². The van der Waals surface area contributed by atoms with Gasteiger partial charge >= 0.3 is 17.9 Å². The summed E-state index contributed by atoms with van der Waals surface area (Å²) in [6, 6.07) is 0. The van der Waals surface area contributed by atoms with Gasteiger partial charge in [0, 0.05) is 16.7 Å². The Morgan fingerprint density at radius 3 is 1.38 bits per heavy atom. The molecule has 0 aromatic carbocycles. The second kappa shape index (κ2) is 12.9. The Morgan fingerprint density at radius 1 is 0.667 bits per heavy atom. The summed E-state index contributed by atoms with van der Waals surface area (Å²) in [5.41, 5.74) is 0.633. The van der Waals surface area contributed by atoms with Gasteiger partial charge in [-0.2, -0.15) is 0 Å². The van der Waals surface area contributed by atoms with Gasteiger partial charge in [-0.1, -0.05) is 19.7 Å². The van der Waals surface area contributed by atoms with E-state index in [1.165, 1.54) is 44.9 Å². The summed E-state index contributed by atoms with van der Waals surface area (Å²) >= 11 is 0. The van der Waals surface area contributed by atoms with Crippen molar-refractivity contribution >= 4 is 17.9 Å². The van der Waals surface area contributed by atoms with E-state index in [0.717, 1.165) is 24.7 Å². The molecular formula is C33H52O6. The van der Waals surface area contributed by atoms with Crippen LogP contribution in [0.1, 0.15) is 113 Å². The Morgan fingerprint density at radius 2 is 1.05 bits per heavy atom. The molecule has 0 aromatic heterocycles. The molecule has 0 spiro atoms. The molecule has 220 valence electrons. The van der Waals surface area contributed by atoms with E-state index in [1.807, 2.05) is 27.7 Å². The first kappa shape index (κ1) is 32.8. The summed E-state index contributed by atoms with van der Waals surface area (Å²) in [6.45, 7) is 25.4. The highest BCUT2D eigenvalue weighted by atomic mass is 16.6. The molecule has 5 aliphatic carbocycles. The number of hydrogen-bond donors (Lipinski definition) is 0. The standard InChI is InChI=1S/C15H22O2.C10H16O2.C8H14O2/c1-9(2)14(16)17-15(3)12-5-10-4-11(7-12)8-13(15)6-10;1-8(2)9(11)12-10(3)6-4-5-7-10;1-6(2)7(9)10-8(3,4)5/h10-13H,1,4-8H2,2-3H3;1,4-7H2,2-3H3;1H2,2-5H3. The van der Waals surface area contributed by atoms with Crippen molar-refractivity contribution in [1.82, 2.24) is 0 Å². The third-order valence-electron chi connectivity index (χ3n) is 8.52. The van der Waals surface area contributed by atoms with Crippen LogP contribution in [0.25, 0.3) is 0 Å². The molecule has 0 N–H and O–H groups in total. The zero-order chi connectivity index (χ0) is 29.8. The van der Waals surface area contributed by atoms with Gasteiger partial charge in [-0.3, -0.25) is 0 Å². The zero-order valence-corrected chi connectivity index (χ0v) is 25.7. The van der Waals surface area contributed by atoms with E-state index in [0.29, 0.717) is 28.6 Å². The molecule has 0 aromatic rings. The first-order valence-electron chi connectivity index (χ1n) is 14.5. The van der Waals surface area contributed by atoms with E-state index in [1.54, 1.807) is 20.8 Å². The fourth-order valence-electron chi connectivity index (χ4n) is 6.47. The van der Waals surface area contributed by atoms with E-state index in [9.17, 15) is 14.4 Å². The molecule has 5 fully saturated rings. The van der Waals surface area contributed by atoms with Gasteiger partial charge in [0.15, 0.2) is 0 Å². The van der Waals surface area contributed by atoms with E-state index in [4.69, 9.17) is 14.2 Å². The fraction of sp³-hybridized carbons (Fsp3) is 0.727. The van der Waals surface area contributed by atoms with Crippen LogP contribution in [0, 0.1) is 23.7 Å². The summed E-state index contributed by atoms with van der Waals surface area (Å²) in [7, 11) is 0. The Labute approximate surface area is 236 Å². The lowest BCUT2D eigenvalue weighted by molar-refractivity contribution is -0.199. The summed E-state index contributed by atoms with van der Waals surface area (Å²) in [4.78, 5) is 33.8. The summed E-state index contributed by atoms with van der Waals surface area (Å²) in [5.74, 6) is 2.25. The van der Waals surface area contributed by atoms with Gasteiger partial charge in [-0.15, -0.1) is 0 Å². The normalized spacial score (nSPS) is 29.5. The second-order valence-corrected chi connectivity index (χ2v) is 13.8. The highest BCUT2D eigenvalue weighted by molar-refractivity contribution is 5.88. The SMILES string of the molecule is C=C(C)C(=O)OC(C)(C)C.C=C(C)C(=O)OC1(C)C2CC3CC(C2)CC1C3.C=C(C)C(=O)OC1(C)CCCC1. The highest BCUT2D eigenvalue weighted by Crippen LogP contribution is 2.59. The molecule has 6 heteroatoms. The van der Waals surface area contributed by atoms with Crippen LogP contribution in [0.5, 0.6) is 0 Å². The summed E-state index contributed by atoms with van der Waals surface area (Å²) in [5, 5.41) is 0. The maximum Gasteiger partial charge on any atom is 0.333 e. The Kier molecular flexibility index (Phi) is 10.8. The van der Waals surface area contributed by atoms with E-state index >= 15 is 0 Å². The van der Waals surface area contributed by atoms with Crippen LogP contribution in [-0.4, -0.2) is 34.7 Å². The number of carbonyl (C=O) groups is 3. The first-order chi connectivity index (χ1) is 17.8. The summed E-state index contributed by atoms with van der Waals surface area (Å²) < 4.78 is 16.1. The monoisotopic (exact) mass is 544 g/mol. The van der Waals surface area contributed by atoms with Crippen LogP contribution < -0.4 is 0 Å².